The van der Waals surface area contributed by atoms with Gasteiger partial charge < -0.3 is 4.74 Å². The number of rotatable bonds is 13. The lowest BCUT2D eigenvalue weighted by Crippen LogP contribution is -2.54. The number of esters is 1. The Labute approximate surface area is 326 Å². The number of benzene rings is 2. The summed E-state index contributed by atoms with van der Waals surface area (Å²) >= 11 is 7.61. The summed E-state index contributed by atoms with van der Waals surface area (Å²) in [7, 11) is 1.34. The number of aromatic nitrogens is 3. The van der Waals surface area contributed by atoms with Crippen molar-refractivity contribution in [2.75, 3.05) is 7.11 Å². The number of aliphatic imine (C=N–C) groups is 1. The molecule has 5 heterocycles. The van der Waals surface area contributed by atoms with Crippen molar-refractivity contribution in [3.05, 3.63) is 97.4 Å². The number of unbranched alkanes of at least 4 members (excludes halogenated alkanes) is 4. The molecule has 1 unspecified atom stereocenters. The van der Waals surface area contributed by atoms with Gasteiger partial charge >= 0.3 is 5.97 Å². The molecule has 284 valence electrons. The molecule has 55 heavy (non-hydrogen) atoms. The number of fused-ring (bicyclic) bond motifs is 4. The van der Waals surface area contributed by atoms with Gasteiger partial charge in [0.25, 0.3) is 11.8 Å². The highest BCUT2D eigenvalue weighted by Gasteiger charge is 2.44. The summed E-state index contributed by atoms with van der Waals surface area (Å²) < 4.78 is 6.87. The van der Waals surface area contributed by atoms with E-state index in [-0.39, 0.29) is 36.2 Å². The number of nitrogens with zero attached hydrogens (tertiary/aromatic N) is 5. The van der Waals surface area contributed by atoms with Crippen LogP contribution in [-0.4, -0.2) is 73.9 Å². The maximum Gasteiger partial charge on any atom is 0.308 e. The number of amides is 4. The normalized spacial score (nSPS) is 17.7. The van der Waals surface area contributed by atoms with Gasteiger partial charge in [0.15, 0.2) is 11.6 Å². The van der Waals surface area contributed by atoms with Crippen LogP contribution in [0.25, 0.3) is 5.00 Å². The monoisotopic (exact) mass is 782 g/mol. The number of piperidine rings is 1. The van der Waals surface area contributed by atoms with Gasteiger partial charge in [-0.05, 0) is 74.9 Å². The van der Waals surface area contributed by atoms with Crippen molar-refractivity contribution in [2.24, 2.45) is 4.99 Å². The van der Waals surface area contributed by atoms with Crippen molar-refractivity contribution >= 4 is 64.0 Å². The Morgan fingerprint density at radius 1 is 0.945 bits per heavy atom. The number of hydrogen-bond acceptors (Lipinski definition) is 11. The van der Waals surface area contributed by atoms with E-state index >= 15 is 0 Å². The number of carbonyl (C=O) groups excluding carboxylic acids is 6. The number of aryl methyl sites for hydroxylation is 2. The van der Waals surface area contributed by atoms with Crippen molar-refractivity contribution in [2.45, 2.75) is 90.1 Å². The second-order valence-electron chi connectivity index (χ2n) is 14.0. The van der Waals surface area contributed by atoms with E-state index in [1.807, 2.05) is 36.6 Å². The quantitative estimate of drug-likeness (QED) is 0.0716. The van der Waals surface area contributed by atoms with E-state index in [0.717, 1.165) is 64.3 Å². The van der Waals surface area contributed by atoms with Crippen LogP contribution in [0.15, 0.2) is 47.5 Å². The van der Waals surface area contributed by atoms with Gasteiger partial charge in [-0.15, -0.1) is 21.5 Å². The number of thiophene rings is 1. The molecule has 1 saturated heterocycles. The zero-order valence-electron chi connectivity index (χ0n) is 30.6. The molecule has 0 radical (unpaired) electrons. The van der Waals surface area contributed by atoms with Crippen molar-refractivity contribution in [3.8, 4) is 5.00 Å². The van der Waals surface area contributed by atoms with Crippen molar-refractivity contribution in [3.63, 3.8) is 0 Å². The van der Waals surface area contributed by atoms with Crippen LogP contribution < -0.4 is 5.32 Å². The van der Waals surface area contributed by atoms with E-state index in [2.05, 4.69) is 15.5 Å². The first kappa shape index (κ1) is 38.0. The molecule has 0 saturated carbocycles. The maximum atomic E-state index is 13.8. The Hall–Kier alpha value is -5.34. The van der Waals surface area contributed by atoms with Crippen LogP contribution in [0.4, 0.5) is 0 Å². The van der Waals surface area contributed by atoms with Gasteiger partial charge in [-0.2, -0.15) is 0 Å². The number of hydrogen-bond donors (Lipinski definition) is 1. The molecule has 4 amide bonds. The molecule has 2 aromatic carbocycles. The predicted molar refractivity (Wildman–Crippen MR) is 204 cm³/mol. The molecule has 2 atom stereocenters. The highest BCUT2D eigenvalue weighted by atomic mass is 35.5. The van der Waals surface area contributed by atoms with Gasteiger partial charge in [-0.25, -0.2) is 0 Å². The van der Waals surface area contributed by atoms with Gasteiger partial charge in [0.2, 0.25) is 11.8 Å². The zero-order chi connectivity index (χ0) is 39.0. The second kappa shape index (κ2) is 15.8. The van der Waals surface area contributed by atoms with Crippen molar-refractivity contribution < 1.29 is 33.5 Å². The minimum Gasteiger partial charge on any atom is -0.469 e. The third-order valence-corrected chi connectivity index (χ3v) is 11.9. The predicted octanol–water partition coefficient (Wildman–Crippen LogP) is 6.22. The van der Waals surface area contributed by atoms with Gasteiger partial charge in [0.1, 0.15) is 22.9 Å². The molecular weight excluding hydrogens is 744 g/mol. The average Bonchev–Trinajstić information content (AvgIpc) is 3.76. The largest absolute Gasteiger partial charge is 0.469 e. The number of ether oxygens (including phenoxy) is 1. The molecule has 3 aliphatic rings. The van der Waals surface area contributed by atoms with Crippen LogP contribution >= 0.6 is 22.9 Å². The van der Waals surface area contributed by atoms with Gasteiger partial charge in [0.05, 0.1) is 35.2 Å². The summed E-state index contributed by atoms with van der Waals surface area (Å²) in [6, 6.07) is 10.9. The Morgan fingerprint density at radius 2 is 1.67 bits per heavy atom. The summed E-state index contributed by atoms with van der Waals surface area (Å²) in [6.07, 6.45) is 5.59. The summed E-state index contributed by atoms with van der Waals surface area (Å²) in [5.74, 6) is -1.31. The molecule has 0 bridgehead atoms. The van der Waals surface area contributed by atoms with Gasteiger partial charge in [-0.3, -0.25) is 48.5 Å². The highest BCUT2D eigenvalue weighted by molar-refractivity contribution is 7.17. The fourth-order valence-electron chi connectivity index (χ4n) is 7.46. The summed E-state index contributed by atoms with van der Waals surface area (Å²) in [6.45, 7) is 3.77. The van der Waals surface area contributed by atoms with E-state index < -0.39 is 41.7 Å². The van der Waals surface area contributed by atoms with Crippen LogP contribution in [0.5, 0.6) is 0 Å². The van der Waals surface area contributed by atoms with Crippen LogP contribution in [0.2, 0.25) is 5.02 Å². The summed E-state index contributed by atoms with van der Waals surface area (Å²) in [5.41, 5.74) is 4.54. The molecule has 13 nitrogen and oxygen atoms in total. The summed E-state index contributed by atoms with van der Waals surface area (Å²) in [4.78, 5) is 83.0. The fourth-order valence-corrected chi connectivity index (χ4v) is 8.92. The third kappa shape index (κ3) is 7.40. The van der Waals surface area contributed by atoms with Crippen molar-refractivity contribution in [1.82, 2.24) is 25.0 Å². The minimum atomic E-state index is -0.988. The zero-order valence-corrected chi connectivity index (χ0v) is 32.2. The Balaban J connectivity index is 0.976. The van der Waals surface area contributed by atoms with Crippen LogP contribution in [0, 0.1) is 13.8 Å². The van der Waals surface area contributed by atoms with Crippen LogP contribution in [0.3, 0.4) is 0 Å². The molecule has 0 aliphatic carbocycles. The topological polar surface area (TPSA) is 170 Å². The molecule has 15 heteroatoms. The molecule has 2 aromatic heterocycles. The number of methoxy groups -OCH3 is 1. The first-order chi connectivity index (χ1) is 26.5. The Morgan fingerprint density at radius 3 is 2.42 bits per heavy atom. The Kier molecular flexibility index (Phi) is 10.9. The van der Waals surface area contributed by atoms with E-state index in [9.17, 15) is 28.8 Å². The van der Waals surface area contributed by atoms with Crippen molar-refractivity contribution in [1.29, 1.82) is 0 Å². The molecule has 0 spiro atoms. The molecule has 3 aliphatic heterocycles. The first-order valence-corrected chi connectivity index (χ1v) is 19.5. The van der Waals surface area contributed by atoms with E-state index in [4.69, 9.17) is 21.3 Å². The van der Waals surface area contributed by atoms with Gasteiger partial charge in [-0.1, -0.05) is 49.1 Å². The number of halogens is 1. The Bertz CT molecular complexity index is 2280. The molecule has 4 aromatic rings. The van der Waals surface area contributed by atoms with Crippen LogP contribution in [-0.2, 0) is 25.5 Å². The van der Waals surface area contributed by atoms with Gasteiger partial charge in [0, 0.05) is 29.0 Å². The molecular formula is C40H39ClN6O7S. The smallest absolute Gasteiger partial charge is 0.308 e. The highest BCUT2D eigenvalue weighted by Crippen LogP contribution is 2.41. The lowest BCUT2D eigenvalue weighted by molar-refractivity contribution is -0.141. The standard InChI is InChI=1S/C40H39ClN6O7S/c1-21-33-34(24-12-14-25(41)15-13-24)42-28(20-32(50)54-3)36-45-44-22(2)46(36)40(33)55-35(21)30(48)10-8-6-4-5-7-9-23-11-16-26-27(19-23)39(53)47(38(26)52)29-17-18-31(49)43-37(29)51/h11-16,19,28-29H,4-10,17-18,20H2,1-3H3,(H,43,49,51)/t28-,29?/m0/s1. The number of Topliss-reactive ketones (excluding diaryl/α,β-unsaturated/α-hetero) is 1. The fraction of sp³-hybridized carbons (Fsp3) is 0.375. The molecule has 1 fully saturated rings. The molecule has 1 N–H and O–H groups in total. The number of ketones is 1. The third-order valence-electron chi connectivity index (χ3n) is 10.3. The lowest BCUT2D eigenvalue weighted by Gasteiger charge is -2.27. The number of carbonyl (C=O) groups is 6. The lowest BCUT2D eigenvalue weighted by atomic mass is 9.97. The van der Waals surface area contributed by atoms with Crippen LogP contribution in [0.1, 0.15) is 128 Å². The summed E-state index contributed by atoms with van der Waals surface area (Å²) in [5, 5.41) is 12.3. The van der Waals surface area contributed by atoms with E-state index in [1.165, 1.54) is 18.4 Å². The average molecular weight is 783 g/mol. The molecule has 7 rings (SSSR count). The second-order valence-corrected chi connectivity index (χ2v) is 15.4. The number of nitrogens with one attached hydrogen (secondary N) is 1. The minimum absolute atomic E-state index is 0.0231. The SMILES string of the molecule is COC(=O)C[C@@H]1N=C(c2ccc(Cl)cc2)c2c(sc(C(=O)CCCCCCCc3ccc4c(c3)C(=O)N(C3CCC(=O)NC3=O)C4=O)c2C)-n2c(C)nnc21. The van der Waals surface area contributed by atoms with E-state index in [1.54, 1.807) is 24.3 Å². The van der Waals surface area contributed by atoms with E-state index in [0.29, 0.717) is 40.1 Å². The first-order valence-electron chi connectivity index (χ1n) is 18.3. The maximum absolute atomic E-state index is 13.8. The number of imide groups is 2.